The van der Waals surface area contributed by atoms with E-state index in [9.17, 15) is 0 Å². The number of hydrogen-bond acceptors (Lipinski definition) is 1. The van der Waals surface area contributed by atoms with Gasteiger partial charge in [-0.3, -0.25) is 0 Å². The van der Waals surface area contributed by atoms with Gasteiger partial charge in [-0.25, -0.2) is 0 Å². The lowest BCUT2D eigenvalue weighted by molar-refractivity contribution is 0.322. The highest BCUT2D eigenvalue weighted by Gasteiger charge is 2.12. The van der Waals surface area contributed by atoms with Crippen LogP contribution in [-0.4, -0.2) is 16.4 Å². The first kappa shape index (κ1) is 12.1. The van der Waals surface area contributed by atoms with E-state index in [2.05, 4.69) is 67.2 Å². The number of hydrogen-bond donors (Lipinski definition) is 0. The van der Waals surface area contributed by atoms with Gasteiger partial charge >= 0.3 is 0 Å². The highest BCUT2D eigenvalue weighted by molar-refractivity contribution is 6.24. The van der Waals surface area contributed by atoms with Crippen LogP contribution < -0.4 is 0 Å². The van der Waals surface area contributed by atoms with E-state index in [4.69, 9.17) is 4.43 Å². The molecule has 2 aromatic carbocycles. The predicted molar refractivity (Wildman–Crippen MR) is 75.1 cm³/mol. The van der Waals surface area contributed by atoms with Crippen molar-refractivity contribution in [2.75, 3.05) is 6.61 Å². The fraction of sp³-hybridized carbons (Fsp3) is 0.200. The van der Waals surface area contributed by atoms with Gasteiger partial charge in [0.1, 0.15) is 0 Å². The molecule has 0 spiro atoms. The SMILES string of the molecule is C[SiH2]OCC(c1ccccc1)c1ccccc1. The van der Waals surface area contributed by atoms with E-state index in [-0.39, 0.29) is 9.76 Å². The molecule has 88 valence electrons. The van der Waals surface area contributed by atoms with E-state index >= 15 is 0 Å². The highest BCUT2D eigenvalue weighted by Crippen LogP contribution is 2.24. The van der Waals surface area contributed by atoms with Crippen LogP contribution in [0.3, 0.4) is 0 Å². The smallest absolute Gasteiger partial charge is 0.158 e. The monoisotopic (exact) mass is 242 g/mol. The lowest BCUT2D eigenvalue weighted by Gasteiger charge is -2.18. The lowest BCUT2D eigenvalue weighted by atomic mass is 9.92. The molecule has 1 nitrogen and oxygen atoms in total. The van der Waals surface area contributed by atoms with Crippen molar-refractivity contribution in [1.29, 1.82) is 0 Å². The van der Waals surface area contributed by atoms with Gasteiger partial charge in [0.15, 0.2) is 9.76 Å². The van der Waals surface area contributed by atoms with Crippen molar-refractivity contribution in [3.63, 3.8) is 0 Å². The van der Waals surface area contributed by atoms with E-state index < -0.39 is 0 Å². The molecule has 0 bridgehead atoms. The quantitative estimate of drug-likeness (QED) is 0.733. The predicted octanol–water partition coefficient (Wildman–Crippen LogP) is 2.97. The summed E-state index contributed by atoms with van der Waals surface area (Å²) >= 11 is 0. The summed E-state index contributed by atoms with van der Waals surface area (Å²) in [6.45, 7) is 2.98. The number of rotatable bonds is 5. The Morgan fingerprint density at radius 1 is 0.882 bits per heavy atom. The molecular formula is C15H18OSi. The molecule has 0 unspecified atom stereocenters. The molecule has 0 aliphatic heterocycles. The molecule has 0 radical (unpaired) electrons. The molecule has 0 heterocycles. The molecule has 0 aliphatic carbocycles. The minimum Gasteiger partial charge on any atom is -0.423 e. The summed E-state index contributed by atoms with van der Waals surface area (Å²) in [5.41, 5.74) is 2.67. The van der Waals surface area contributed by atoms with Gasteiger partial charge in [-0.15, -0.1) is 0 Å². The van der Waals surface area contributed by atoms with Crippen molar-refractivity contribution in [1.82, 2.24) is 0 Å². The summed E-state index contributed by atoms with van der Waals surface area (Å²) in [4.78, 5) is 0. The summed E-state index contributed by atoms with van der Waals surface area (Å²) in [5, 5.41) is 0. The van der Waals surface area contributed by atoms with Crippen molar-refractivity contribution in [3.05, 3.63) is 71.8 Å². The molecule has 17 heavy (non-hydrogen) atoms. The van der Waals surface area contributed by atoms with E-state index in [1.54, 1.807) is 0 Å². The number of benzene rings is 2. The fourth-order valence-electron chi connectivity index (χ4n) is 1.99. The normalized spacial score (nSPS) is 11.4. The average molecular weight is 242 g/mol. The molecule has 0 N–H and O–H groups in total. The molecule has 2 rings (SSSR count). The van der Waals surface area contributed by atoms with Crippen molar-refractivity contribution < 1.29 is 4.43 Å². The third-order valence-electron chi connectivity index (χ3n) is 2.89. The Morgan fingerprint density at radius 3 is 1.76 bits per heavy atom. The van der Waals surface area contributed by atoms with E-state index in [1.165, 1.54) is 11.1 Å². The van der Waals surface area contributed by atoms with Gasteiger partial charge in [-0.2, -0.15) is 0 Å². The largest absolute Gasteiger partial charge is 0.423 e. The van der Waals surface area contributed by atoms with Crippen LogP contribution in [0.4, 0.5) is 0 Å². The summed E-state index contributed by atoms with van der Waals surface area (Å²) in [6, 6.07) is 21.2. The first-order valence-corrected chi connectivity index (χ1v) is 8.08. The second kappa shape index (κ2) is 6.38. The zero-order valence-corrected chi connectivity index (χ0v) is 11.6. The Balaban J connectivity index is 2.26. The van der Waals surface area contributed by atoms with Gasteiger partial charge in [0, 0.05) is 12.5 Å². The third kappa shape index (κ3) is 3.28. The van der Waals surface area contributed by atoms with Crippen LogP contribution in [0.2, 0.25) is 6.55 Å². The molecule has 0 saturated carbocycles. The van der Waals surface area contributed by atoms with Gasteiger partial charge < -0.3 is 4.43 Å². The first-order chi connectivity index (χ1) is 8.42. The Hall–Kier alpha value is -1.38. The van der Waals surface area contributed by atoms with E-state index in [1.807, 2.05) is 0 Å². The topological polar surface area (TPSA) is 9.23 Å². The van der Waals surface area contributed by atoms with Crippen LogP contribution in [0.15, 0.2) is 60.7 Å². The third-order valence-corrected chi connectivity index (χ3v) is 3.54. The van der Waals surface area contributed by atoms with Crippen molar-refractivity contribution in [3.8, 4) is 0 Å². The lowest BCUT2D eigenvalue weighted by Crippen LogP contribution is -2.10. The summed E-state index contributed by atoms with van der Waals surface area (Å²) in [6.07, 6.45) is 0. The molecule has 2 heteroatoms. The summed E-state index contributed by atoms with van der Waals surface area (Å²) in [7, 11) is -0.339. The van der Waals surface area contributed by atoms with Crippen LogP contribution in [0.25, 0.3) is 0 Å². The molecular weight excluding hydrogens is 224 g/mol. The Bertz CT molecular complexity index is 388. The zero-order valence-electron chi connectivity index (χ0n) is 10.2. The van der Waals surface area contributed by atoms with Crippen molar-refractivity contribution >= 4 is 9.76 Å². The first-order valence-electron chi connectivity index (χ1n) is 6.09. The molecule has 2 aromatic rings. The fourth-order valence-corrected chi connectivity index (χ4v) is 2.46. The maximum Gasteiger partial charge on any atom is 0.158 e. The van der Waals surface area contributed by atoms with Crippen LogP contribution in [0, 0.1) is 0 Å². The van der Waals surface area contributed by atoms with Crippen LogP contribution >= 0.6 is 0 Å². The molecule has 0 atom stereocenters. The standard InChI is InChI=1S/C15H18OSi/c1-17-16-12-15(13-8-4-2-5-9-13)14-10-6-3-7-11-14/h2-11,15H,12,17H2,1H3. The van der Waals surface area contributed by atoms with Gasteiger partial charge in [0.05, 0.1) is 0 Å². The van der Waals surface area contributed by atoms with Crippen LogP contribution in [-0.2, 0) is 4.43 Å². The van der Waals surface area contributed by atoms with E-state index in [0.717, 1.165) is 6.61 Å². The maximum atomic E-state index is 5.74. The molecule has 0 aliphatic rings. The van der Waals surface area contributed by atoms with E-state index in [0.29, 0.717) is 5.92 Å². The summed E-state index contributed by atoms with van der Waals surface area (Å²) in [5.74, 6) is 0.366. The maximum absolute atomic E-state index is 5.74. The Kier molecular flexibility index (Phi) is 4.53. The summed E-state index contributed by atoms with van der Waals surface area (Å²) < 4.78 is 5.74. The van der Waals surface area contributed by atoms with Gasteiger partial charge in [-0.1, -0.05) is 67.2 Å². The minimum absolute atomic E-state index is 0.339. The molecule has 0 aromatic heterocycles. The molecule has 0 fully saturated rings. The Morgan fingerprint density at radius 2 is 1.35 bits per heavy atom. The zero-order chi connectivity index (χ0) is 11.9. The highest BCUT2D eigenvalue weighted by atomic mass is 28.2. The van der Waals surface area contributed by atoms with Gasteiger partial charge in [0.2, 0.25) is 0 Å². The van der Waals surface area contributed by atoms with Gasteiger partial charge in [-0.05, 0) is 11.1 Å². The molecule has 0 amide bonds. The average Bonchev–Trinajstić information content (AvgIpc) is 2.42. The Labute approximate surface area is 105 Å². The minimum atomic E-state index is -0.339. The van der Waals surface area contributed by atoms with Gasteiger partial charge in [0.25, 0.3) is 0 Å². The van der Waals surface area contributed by atoms with Crippen LogP contribution in [0.5, 0.6) is 0 Å². The molecule has 0 saturated heterocycles. The van der Waals surface area contributed by atoms with Crippen molar-refractivity contribution in [2.45, 2.75) is 12.5 Å². The van der Waals surface area contributed by atoms with Crippen LogP contribution in [0.1, 0.15) is 17.0 Å². The second-order valence-corrected chi connectivity index (χ2v) is 5.02. The second-order valence-electron chi connectivity index (χ2n) is 4.03. The van der Waals surface area contributed by atoms with Crippen molar-refractivity contribution in [2.24, 2.45) is 0 Å².